The Hall–Kier alpha value is -3.88. The van der Waals surface area contributed by atoms with Gasteiger partial charge in [0.25, 0.3) is 15.9 Å². The van der Waals surface area contributed by atoms with Gasteiger partial charge < -0.3 is 4.57 Å². The quantitative estimate of drug-likeness (QED) is 0.242. The fourth-order valence-corrected chi connectivity index (χ4v) is 5.63. The molecule has 0 saturated carbocycles. The van der Waals surface area contributed by atoms with E-state index in [0.717, 1.165) is 32.5 Å². The van der Waals surface area contributed by atoms with E-state index in [1.54, 1.807) is 36.5 Å². The first kappa shape index (κ1) is 26.2. The number of aromatic nitrogens is 1. The van der Waals surface area contributed by atoms with E-state index in [9.17, 15) is 13.2 Å². The number of hydrazone groups is 1. The van der Waals surface area contributed by atoms with Crippen LogP contribution >= 0.6 is 11.6 Å². The normalized spacial score (nSPS) is 11.6. The van der Waals surface area contributed by atoms with E-state index >= 15 is 0 Å². The number of nitrogens with one attached hydrogen (secondary N) is 1. The van der Waals surface area contributed by atoms with Gasteiger partial charge in [0.05, 0.1) is 16.8 Å². The zero-order valence-electron chi connectivity index (χ0n) is 20.7. The summed E-state index contributed by atoms with van der Waals surface area (Å²) >= 11 is 5.93. The molecule has 1 heterocycles. The van der Waals surface area contributed by atoms with Crippen molar-refractivity contribution in [2.75, 3.05) is 10.8 Å². The maximum absolute atomic E-state index is 13.4. The molecule has 0 bridgehead atoms. The van der Waals surface area contributed by atoms with Gasteiger partial charge in [0, 0.05) is 27.7 Å². The van der Waals surface area contributed by atoms with Gasteiger partial charge in [0.2, 0.25) is 0 Å². The van der Waals surface area contributed by atoms with E-state index < -0.39 is 22.5 Å². The van der Waals surface area contributed by atoms with E-state index in [2.05, 4.69) is 34.2 Å². The van der Waals surface area contributed by atoms with Crippen molar-refractivity contribution < 1.29 is 13.2 Å². The molecular formula is C28H27ClN4O3S. The zero-order valence-corrected chi connectivity index (χ0v) is 22.3. The largest absolute Gasteiger partial charge is 0.318 e. The van der Waals surface area contributed by atoms with Crippen LogP contribution in [0.3, 0.4) is 0 Å². The number of carbonyl (C=O) groups excluding carboxylic acids is 1. The number of carbonyl (C=O) groups is 1. The smallest absolute Gasteiger partial charge is 0.264 e. The standard InChI is InChI=1S/C28H27ClN4O3S/c1-20-9-7-8-12-27(20)33-21(2)17-23(22(33)3)18-30-31-28(34)19-32(25-10-5-4-6-11-25)37(35,36)26-15-13-24(29)14-16-26/h4-18H,19H2,1-3H3,(H,31,34)/b30-18-. The molecule has 190 valence electrons. The van der Waals surface area contributed by atoms with Crippen molar-refractivity contribution in [3.63, 3.8) is 0 Å². The van der Waals surface area contributed by atoms with Gasteiger partial charge in [-0.25, -0.2) is 13.8 Å². The first-order valence-corrected chi connectivity index (χ1v) is 13.4. The molecule has 0 aliphatic carbocycles. The molecule has 1 aromatic heterocycles. The zero-order chi connectivity index (χ0) is 26.6. The number of amides is 1. The van der Waals surface area contributed by atoms with Crippen molar-refractivity contribution in [3.05, 3.63) is 112 Å². The third-order valence-corrected chi connectivity index (χ3v) is 7.99. The van der Waals surface area contributed by atoms with Gasteiger partial charge in [0.15, 0.2) is 0 Å². The van der Waals surface area contributed by atoms with Gasteiger partial charge >= 0.3 is 0 Å². The Morgan fingerprint density at radius 2 is 1.62 bits per heavy atom. The molecule has 4 aromatic rings. The van der Waals surface area contributed by atoms with Gasteiger partial charge in [-0.2, -0.15) is 5.10 Å². The number of aryl methyl sites for hydroxylation is 2. The van der Waals surface area contributed by atoms with Gasteiger partial charge in [-0.05, 0) is 74.9 Å². The molecule has 4 rings (SSSR count). The van der Waals surface area contributed by atoms with Crippen LogP contribution in [0.2, 0.25) is 5.02 Å². The number of anilines is 1. The highest BCUT2D eigenvalue weighted by molar-refractivity contribution is 7.92. The van der Waals surface area contributed by atoms with Crippen LogP contribution in [0.1, 0.15) is 22.5 Å². The predicted molar refractivity (Wildman–Crippen MR) is 148 cm³/mol. The van der Waals surface area contributed by atoms with Crippen molar-refractivity contribution in [1.29, 1.82) is 0 Å². The minimum atomic E-state index is -4.03. The number of sulfonamides is 1. The summed E-state index contributed by atoms with van der Waals surface area (Å²) in [6.07, 6.45) is 1.57. The second-order valence-electron chi connectivity index (χ2n) is 8.54. The number of para-hydroxylation sites is 2. The van der Waals surface area contributed by atoms with Crippen LogP contribution in [0, 0.1) is 20.8 Å². The lowest BCUT2D eigenvalue weighted by atomic mass is 10.2. The first-order chi connectivity index (χ1) is 17.7. The molecule has 7 nitrogen and oxygen atoms in total. The SMILES string of the molecule is Cc1ccccc1-n1c(C)cc(/C=N\NC(=O)CN(c2ccccc2)S(=O)(=O)c2ccc(Cl)cc2)c1C. The highest BCUT2D eigenvalue weighted by atomic mass is 35.5. The molecule has 0 spiro atoms. The number of benzene rings is 3. The summed E-state index contributed by atoms with van der Waals surface area (Å²) in [6.45, 7) is 5.60. The summed E-state index contributed by atoms with van der Waals surface area (Å²) in [4.78, 5) is 12.8. The average molecular weight is 535 g/mol. The lowest BCUT2D eigenvalue weighted by molar-refractivity contribution is -0.119. The number of hydrogen-bond donors (Lipinski definition) is 1. The Kier molecular flexibility index (Phi) is 7.80. The Labute approximate surface area is 222 Å². The maximum Gasteiger partial charge on any atom is 0.264 e. The fraction of sp³-hybridized carbons (Fsp3) is 0.143. The van der Waals surface area contributed by atoms with Crippen LogP contribution in [-0.2, 0) is 14.8 Å². The van der Waals surface area contributed by atoms with E-state index in [1.807, 2.05) is 32.0 Å². The Balaban J connectivity index is 1.54. The van der Waals surface area contributed by atoms with Gasteiger partial charge in [-0.3, -0.25) is 9.10 Å². The summed E-state index contributed by atoms with van der Waals surface area (Å²) in [5.74, 6) is -0.578. The van der Waals surface area contributed by atoms with Gasteiger partial charge in [-0.1, -0.05) is 48.0 Å². The third kappa shape index (κ3) is 5.76. The van der Waals surface area contributed by atoms with Crippen LogP contribution in [0.5, 0.6) is 0 Å². The molecule has 37 heavy (non-hydrogen) atoms. The maximum atomic E-state index is 13.4. The summed E-state index contributed by atoms with van der Waals surface area (Å²) < 4.78 is 29.9. The van der Waals surface area contributed by atoms with Crippen LogP contribution in [-0.4, -0.2) is 31.7 Å². The molecule has 9 heteroatoms. The van der Waals surface area contributed by atoms with Gasteiger partial charge in [0.1, 0.15) is 6.54 Å². The first-order valence-electron chi connectivity index (χ1n) is 11.6. The summed E-state index contributed by atoms with van der Waals surface area (Å²) in [5.41, 5.74) is 7.89. The summed E-state index contributed by atoms with van der Waals surface area (Å²) in [7, 11) is -4.03. The molecule has 0 aliphatic rings. The van der Waals surface area contributed by atoms with Crippen molar-refractivity contribution >= 4 is 39.4 Å². The molecule has 0 unspecified atom stereocenters. The van der Waals surface area contributed by atoms with Crippen molar-refractivity contribution in [2.45, 2.75) is 25.7 Å². The number of rotatable bonds is 8. The molecular weight excluding hydrogens is 508 g/mol. The number of nitrogens with zero attached hydrogens (tertiary/aromatic N) is 3. The second kappa shape index (κ2) is 11.0. The molecule has 3 aromatic carbocycles. The molecule has 0 fully saturated rings. The highest BCUT2D eigenvalue weighted by Crippen LogP contribution is 2.25. The summed E-state index contributed by atoms with van der Waals surface area (Å²) in [6, 6.07) is 24.3. The van der Waals surface area contributed by atoms with E-state index in [0.29, 0.717) is 10.7 Å². The average Bonchev–Trinajstić information content (AvgIpc) is 3.16. The van der Waals surface area contributed by atoms with Crippen molar-refractivity contribution in [2.24, 2.45) is 5.10 Å². The summed E-state index contributed by atoms with van der Waals surface area (Å²) in [5, 5.41) is 4.53. The minimum Gasteiger partial charge on any atom is -0.318 e. The van der Waals surface area contributed by atoms with Crippen LogP contribution in [0.15, 0.2) is 94.9 Å². The minimum absolute atomic E-state index is 0.0284. The molecule has 0 atom stereocenters. The lowest BCUT2D eigenvalue weighted by Crippen LogP contribution is -2.39. The van der Waals surface area contributed by atoms with E-state index in [-0.39, 0.29) is 4.90 Å². The lowest BCUT2D eigenvalue weighted by Gasteiger charge is -2.23. The van der Waals surface area contributed by atoms with Crippen LogP contribution in [0.25, 0.3) is 5.69 Å². The molecule has 1 amide bonds. The fourth-order valence-electron chi connectivity index (χ4n) is 4.09. The van der Waals surface area contributed by atoms with Crippen molar-refractivity contribution in [3.8, 4) is 5.69 Å². The van der Waals surface area contributed by atoms with E-state index in [4.69, 9.17) is 11.6 Å². The third-order valence-electron chi connectivity index (χ3n) is 5.95. The molecule has 0 aliphatic heterocycles. The van der Waals surface area contributed by atoms with E-state index in [1.165, 1.54) is 24.3 Å². The topological polar surface area (TPSA) is 83.8 Å². The number of halogens is 1. The highest BCUT2D eigenvalue weighted by Gasteiger charge is 2.27. The molecule has 0 radical (unpaired) electrons. The monoisotopic (exact) mass is 534 g/mol. The molecule has 1 N–H and O–H groups in total. The van der Waals surface area contributed by atoms with Crippen molar-refractivity contribution in [1.82, 2.24) is 9.99 Å². The predicted octanol–water partition coefficient (Wildman–Crippen LogP) is 5.40. The van der Waals surface area contributed by atoms with Gasteiger partial charge in [-0.15, -0.1) is 0 Å². The number of hydrogen-bond acceptors (Lipinski definition) is 4. The Morgan fingerprint density at radius 1 is 0.973 bits per heavy atom. The Bertz CT molecular complexity index is 1550. The van der Waals surface area contributed by atoms with Crippen LogP contribution < -0.4 is 9.73 Å². The second-order valence-corrected chi connectivity index (χ2v) is 10.8. The molecule has 0 saturated heterocycles. The van der Waals surface area contributed by atoms with Crippen LogP contribution in [0.4, 0.5) is 5.69 Å². The Morgan fingerprint density at radius 3 is 2.30 bits per heavy atom.